The maximum atomic E-state index is 11.8. The summed E-state index contributed by atoms with van der Waals surface area (Å²) in [5, 5.41) is 15.1. The van der Waals surface area contributed by atoms with Crippen molar-refractivity contribution in [1.29, 1.82) is 0 Å². The molecule has 1 amide bonds. The average molecular weight is 310 g/mol. The summed E-state index contributed by atoms with van der Waals surface area (Å²) in [7, 11) is 3.04. The first-order valence-electron chi connectivity index (χ1n) is 6.94. The van der Waals surface area contributed by atoms with Crippen LogP contribution in [0.4, 0.5) is 0 Å². The van der Waals surface area contributed by atoms with E-state index in [1.54, 1.807) is 20.0 Å². The molecule has 0 aliphatic rings. The fourth-order valence-corrected chi connectivity index (χ4v) is 1.72. The van der Waals surface area contributed by atoms with Gasteiger partial charge in [-0.2, -0.15) is 0 Å². The molecule has 0 aliphatic carbocycles. The van der Waals surface area contributed by atoms with E-state index in [1.165, 1.54) is 19.2 Å². The third kappa shape index (κ3) is 5.34. The lowest BCUT2D eigenvalue weighted by atomic mass is 10.1. The zero-order valence-electron chi connectivity index (χ0n) is 13.0. The highest BCUT2D eigenvalue weighted by Crippen LogP contribution is 2.24. The van der Waals surface area contributed by atoms with Crippen molar-refractivity contribution in [2.45, 2.75) is 13.0 Å². The van der Waals surface area contributed by atoms with Crippen molar-refractivity contribution in [3.63, 3.8) is 0 Å². The second kappa shape index (κ2) is 9.01. The number of aliphatic hydroxyl groups excluding tert-OH is 1. The molecule has 0 aromatic heterocycles. The molecule has 0 saturated heterocycles. The predicted octanol–water partition coefficient (Wildman–Crippen LogP) is 0.241. The predicted molar refractivity (Wildman–Crippen MR) is 80.8 cm³/mol. The van der Waals surface area contributed by atoms with Crippen LogP contribution >= 0.6 is 0 Å². The number of hydrogen-bond donors (Lipinski definition) is 3. The van der Waals surface area contributed by atoms with Crippen LogP contribution in [0.1, 0.15) is 28.9 Å². The Kier molecular flexibility index (Phi) is 7.34. The quantitative estimate of drug-likeness (QED) is 0.470. The molecule has 22 heavy (non-hydrogen) atoms. The zero-order valence-corrected chi connectivity index (χ0v) is 13.0. The number of carbonyl (C=O) groups is 2. The topological polar surface area (TPSA) is 96.9 Å². The maximum absolute atomic E-state index is 11.8. The Hall–Kier alpha value is -2.12. The van der Waals surface area contributed by atoms with Gasteiger partial charge in [0.05, 0.1) is 13.2 Å². The molecule has 0 radical (unpaired) electrons. The van der Waals surface area contributed by atoms with E-state index >= 15 is 0 Å². The molecule has 0 saturated carbocycles. The van der Waals surface area contributed by atoms with Crippen molar-refractivity contribution < 1.29 is 24.2 Å². The van der Waals surface area contributed by atoms with Crippen LogP contribution in [0.2, 0.25) is 0 Å². The van der Waals surface area contributed by atoms with E-state index in [0.717, 1.165) is 0 Å². The Morgan fingerprint density at radius 3 is 2.64 bits per heavy atom. The van der Waals surface area contributed by atoms with Crippen LogP contribution in [0.25, 0.3) is 0 Å². The van der Waals surface area contributed by atoms with Gasteiger partial charge in [0.1, 0.15) is 11.3 Å². The lowest BCUT2D eigenvalue weighted by Crippen LogP contribution is -2.34. The van der Waals surface area contributed by atoms with Crippen molar-refractivity contribution in [1.82, 2.24) is 10.6 Å². The van der Waals surface area contributed by atoms with Gasteiger partial charge in [0, 0.05) is 13.1 Å². The van der Waals surface area contributed by atoms with E-state index in [0.29, 0.717) is 18.7 Å². The molecule has 0 spiro atoms. The van der Waals surface area contributed by atoms with Gasteiger partial charge >= 0.3 is 5.97 Å². The van der Waals surface area contributed by atoms with Crippen LogP contribution in [0.3, 0.4) is 0 Å². The summed E-state index contributed by atoms with van der Waals surface area (Å²) in [5.41, 5.74) is 0.732. The van der Waals surface area contributed by atoms with Gasteiger partial charge in [-0.1, -0.05) is 6.07 Å². The number of rotatable bonds is 8. The third-order valence-electron chi connectivity index (χ3n) is 2.95. The van der Waals surface area contributed by atoms with Gasteiger partial charge in [0.15, 0.2) is 6.61 Å². The lowest BCUT2D eigenvalue weighted by Gasteiger charge is -2.13. The monoisotopic (exact) mass is 310 g/mol. The summed E-state index contributed by atoms with van der Waals surface area (Å²) in [4.78, 5) is 23.4. The molecule has 122 valence electrons. The lowest BCUT2D eigenvalue weighted by molar-refractivity contribution is -0.123. The number of carbonyl (C=O) groups excluding carboxylic acids is 2. The Morgan fingerprint density at radius 2 is 2.05 bits per heavy atom. The van der Waals surface area contributed by atoms with E-state index in [4.69, 9.17) is 4.74 Å². The molecule has 7 heteroatoms. The van der Waals surface area contributed by atoms with Gasteiger partial charge in [-0.3, -0.25) is 4.79 Å². The first-order chi connectivity index (χ1) is 10.5. The molecule has 1 aromatic rings. The first-order valence-corrected chi connectivity index (χ1v) is 6.94. The molecule has 1 aromatic carbocycles. The van der Waals surface area contributed by atoms with E-state index in [2.05, 4.69) is 15.4 Å². The highest BCUT2D eigenvalue weighted by atomic mass is 16.5. The minimum Gasteiger partial charge on any atom is -0.483 e. The summed E-state index contributed by atoms with van der Waals surface area (Å²) in [6.45, 7) is 2.53. The minimum atomic E-state index is -0.720. The first kappa shape index (κ1) is 17.9. The Bertz CT molecular complexity index is 517. The number of amides is 1. The molecule has 1 atom stereocenters. The fourth-order valence-electron chi connectivity index (χ4n) is 1.72. The van der Waals surface area contributed by atoms with Crippen molar-refractivity contribution >= 4 is 11.9 Å². The van der Waals surface area contributed by atoms with Gasteiger partial charge in [0.25, 0.3) is 5.91 Å². The van der Waals surface area contributed by atoms with Crippen LogP contribution in [-0.4, -0.2) is 50.8 Å². The number of esters is 1. The van der Waals surface area contributed by atoms with Crippen LogP contribution in [0, 0.1) is 0 Å². The normalized spacial score (nSPS) is 11.6. The number of methoxy groups -OCH3 is 1. The zero-order chi connectivity index (χ0) is 16.5. The van der Waals surface area contributed by atoms with Gasteiger partial charge in [-0.25, -0.2) is 4.79 Å². The smallest absolute Gasteiger partial charge is 0.341 e. The Labute approximate surface area is 129 Å². The van der Waals surface area contributed by atoms with Crippen LogP contribution in [0.5, 0.6) is 5.75 Å². The number of likely N-dealkylation sites (N-methyl/N-ethyl adjacent to an activating group) is 1. The van der Waals surface area contributed by atoms with E-state index in [9.17, 15) is 14.7 Å². The second-order valence-electron chi connectivity index (χ2n) is 4.67. The highest BCUT2D eigenvalue weighted by molar-refractivity contribution is 5.92. The minimum absolute atomic E-state index is 0.170. The van der Waals surface area contributed by atoms with Gasteiger partial charge in [0.2, 0.25) is 0 Å². The van der Waals surface area contributed by atoms with Crippen LogP contribution in [-0.2, 0) is 9.53 Å². The summed E-state index contributed by atoms with van der Waals surface area (Å²) in [5.74, 6) is -0.640. The highest BCUT2D eigenvalue weighted by Gasteiger charge is 2.16. The standard InChI is InChI=1S/C15H22N2O5/c1-10(18)11-4-5-13(12(8-11)15(20)21-3)22-9-14(19)17-7-6-16-2/h4-5,8,10,16,18H,6-7,9H2,1-3H3,(H,17,19). The van der Waals surface area contributed by atoms with Crippen LogP contribution in [0.15, 0.2) is 18.2 Å². The summed E-state index contributed by atoms with van der Waals surface area (Å²) in [6, 6.07) is 4.66. The number of nitrogens with one attached hydrogen (secondary N) is 2. The average Bonchev–Trinajstić information content (AvgIpc) is 2.52. The molecular weight excluding hydrogens is 288 g/mol. The summed E-state index contributed by atoms with van der Waals surface area (Å²) < 4.78 is 10.1. The molecule has 1 unspecified atom stereocenters. The molecule has 0 bridgehead atoms. The van der Waals surface area contributed by atoms with E-state index < -0.39 is 12.1 Å². The van der Waals surface area contributed by atoms with Gasteiger partial charge in [-0.15, -0.1) is 0 Å². The molecule has 1 rings (SSSR count). The van der Waals surface area contributed by atoms with Crippen molar-refractivity contribution in [2.75, 3.05) is 33.9 Å². The second-order valence-corrected chi connectivity index (χ2v) is 4.67. The molecule has 0 aliphatic heterocycles. The Balaban J connectivity index is 2.76. The van der Waals surface area contributed by atoms with Gasteiger partial charge in [-0.05, 0) is 31.7 Å². The fraction of sp³-hybridized carbons (Fsp3) is 0.467. The Morgan fingerprint density at radius 1 is 1.32 bits per heavy atom. The van der Waals surface area contributed by atoms with Crippen molar-refractivity contribution in [3.8, 4) is 5.75 Å². The molecule has 3 N–H and O–H groups in total. The number of ether oxygens (including phenoxy) is 2. The molecule has 7 nitrogen and oxygen atoms in total. The number of aliphatic hydroxyl groups is 1. The largest absolute Gasteiger partial charge is 0.483 e. The third-order valence-corrected chi connectivity index (χ3v) is 2.95. The van der Waals surface area contributed by atoms with Crippen molar-refractivity contribution in [2.24, 2.45) is 0 Å². The molecule has 0 heterocycles. The number of benzene rings is 1. The van der Waals surface area contributed by atoms with Gasteiger partial charge < -0.3 is 25.2 Å². The van der Waals surface area contributed by atoms with E-state index in [1.807, 2.05) is 0 Å². The summed E-state index contributed by atoms with van der Waals surface area (Å²) in [6.07, 6.45) is -0.720. The van der Waals surface area contributed by atoms with Crippen molar-refractivity contribution in [3.05, 3.63) is 29.3 Å². The van der Waals surface area contributed by atoms with Crippen LogP contribution < -0.4 is 15.4 Å². The summed E-state index contributed by atoms with van der Waals surface area (Å²) >= 11 is 0. The maximum Gasteiger partial charge on any atom is 0.341 e. The number of hydrogen-bond acceptors (Lipinski definition) is 6. The molecular formula is C15H22N2O5. The van der Waals surface area contributed by atoms with E-state index in [-0.39, 0.29) is 23.8 Å². The SMILES string of the molecule is CNCCNC(=O)COc1ccc(C(C)O)cc1C(=O)OC. The molecule has 0 fully saturated rings.